The van der Waals surface area contributed by atoms with E-state index in [1.54, 1.807) is 6.07 Å². The van der Waals surface area contributed by atoms with E-state index in [0.29, 0.717) is 24.1 Å². The molecule has 118 valence electrons. The van der Waals surface area contributed by atoms with Crippen molar-refractivity contribution < 1.29 is 18.4 Å². The predicted octanol–water partition coefficient (Wildman–Crippen LogP) is 2.01. The van der Waals surface area contributed by atoms with E-state index in [4.69, 9.17) is 13.6 Å². The van der Waals surface area contributed by atoms with Crippen LogP contribution in [0.15, 0.2) is 12.1 Å². The second-order valence-electron chi connectivity index (χ2n) is 6.69. The third kappa shape index (κ3) is 1.45. The summed E-state index contributed by atoms with van der Waals surface area (Å²) in [6.07, 6.45) is 2.67. The molecule has 5 heteroatoms. The van der Waals surface area contributed by atoms with Crippen LogP contribution in [0.25, 0.3) is 0 Å². The van der Waals surface area contributed by atoms with Gasteiger partial charge in [-0.2, -0.15) is 0 Å². The average molecular weight is 325 g/mol. The summed E-state index contributed by atoms with van der Waals surface area (Å²) < 4.78 is 33.5. The first-order valence-corrected chi connectivity index (χ1v) is 7.68. The van der Waals surface area contributed by atoms with E-state index in [9.17, 15) is 4.79 Å². The Kier molecular flexibility index (Phi) is 2.37. The Hall–Kier alpha value is -1.26. The summed E-state index contributed by atoms with van der Waals surface area (Å²) in [5.41, 5.74) is 1.90. The van der Waals surface area contributed by atoms with Crippen molar-refractivity contribution in [2.45, 2.75) is 43.2 Å². The fourth-order valence-corrected chi connectivity index (χ4v) is 5.32. The van der Waals surface area contributed by atoms with E-state index in [2.05, 4.69) is 5.32 Å². The number of piperidine rings is 1. The molecule has 0 aromatic heterocycles. The van der Waals surface area contributed by atoms with Crippen LogP contribution in [0.1, 0.15) is 34.5 Å². The van der Waals surface area contributed by atoms with Gasteiger partial charge < -0.3 is 14.8 Å². The number of benzene rings is 1. The van der Waals surface area contributed by atoms with Crippen molar-refractivity contribution in [1.29, 1.82) is 0 Å². The van der Waals surface area contributed by atoms with E-state index in [1.165, 1.54) is 0 Å². The summed E-state index contributed by atoms with van der Waals surface area (Å²) in [5, 5.41) is 3.61. The van der Waals surface area contributed by atoms with Crippen LogP contribution >= 0.6 is 12.4 Å². The molecular weight excluding hydrogens is 302 g/mol. The highest BCUT2D eigenvalue weighted by molar-refractivity contribution is 5.89. The van der Waals surface area contributed by atoms with Crippen LogP contribution in [-0.2, 0) is 16.6 Å². The predicted molar refractivity (Wildman–Crippen MR) is 84.2 cm³/mol. The Morgan fingerprint density at radius 3 is 3.27 bits per heavy atom. The number of nitrogens with one attached hydrogen (secondary N) is 1. The first-order chi connectivity index (χ1) is 11.4. The molecule has 2 bridgehead atoms. The minimum Gasteiger partial charge on any atom is -0.493 e. The molecule has 2 fully saturated rings. The summed E-state index contributed by atoms with van der Waals surface area (Å²) in [4.78, 5) is 12.6. The SMILES string of the molecule is Cl.[2H]C([2H])([2H])Oc1ccc2c3c1O[C@H]1C(=O)CC[C@H]4[C@@H](C2)NCC[C@]314. The molecule has 0 radical (unpaired) electrons. The zero-order valence-electron chi connectivity index (χ0n) is 15.1. The lowest BCUT2D eigenvalue weighted by Crippen LogP contribution is -2.65. The number of halogens is 1. The van der Waals surface area contributed by atoms with Gasteiger partial charge in [0, 0.05) is 23.4 Å². The number of hydrogen-bond acceptors (Lipinski definition) is 4. The van der Waals surface area contributed by atoms with Gasteiger partial charge in [-0.05, 0) is 43.4 Å². The fourth-order valence-electron chi connectivity index (χ4n) is 5.32. The van der Waals surface area contributed by atoms with Crippen molar-refractivity contribution in [2.24, 2.45) is 5.92 Å². The first-order valence-electron chi connectivity index (χ1n) is 9.18. The van der Waals surface area contributed by atoms with Crippen molar-refractivity contribution in [1.82, 2.24) is 5.32 Å². The van der Waals surface area contributed by atoms with Crippen LogP contribution in [0.2, 0.25) is 0 Å². The molecule has 0 unspecified atom stereocenters. The lowest BCUT2D eigenvalue weighted by molar-refractivity contribution is -0.135. The highest BCUT2D eigenvalue weighted by Crippen LogP contribution is 2.61. The minimum absolute atomic E-state index is 0. The zero-order valence-corrected chi connectivity index (χ0v) is 12.9. The number of carbonyl (C=O) groups excluding carboxylic acids is 1. The Morgan fingerprint density at radius 2 is 2.41 bits per heavy atom. The Balaban J connectivity index is 0.00000157. The molecule has 1 saturated carbocycles. The maximum absolute atomic E-state index is 12.6. The smallest absolute Gasteiger partial charge is 0.174 e. The highest BCUT2D eigenvalue weighted by Gasteiger charge is 2.64. The number of methoxy groups -OCH3 is 1. The number of rotatable bonds is 1. The average Bonchev–Trinajstić information content (AvgIpc) is 2.84. The molecular formula is C17H20ClNO3. The third-order valence-corrected chi connectivity index (χ3v) is 6.01. The molecule has 4 aliphatic rings. The topological polar surface area (TPSA) is 47.6 Å². The van der Waals surface area contributed by atoms with Gasteiger partial charge in [-0.15, -0.1) is 12.4 Å². The molecule has 1 spiro atoms. The van der Waals surface area contributed by atoms with E-state index < -0.39 is 13.1 Å². The van der Waals surface area contributed by atoms with E-state index in [1.807, 2.05) is 6.07 Å². The van der Waals surface area contributed by atoms with Crippen molar-refractivity contribution in [2.75, 3.05) is 13.6 Å². The van der Waals surface area contributed by atoms with E-state index in [-0.39, 0.29) is 29.4 Å². The lowest BCUT2D eigenvalue weighted by Gasteiger charge is -2.54. The zero-order chi connectivity index (χ0) is 16.7. The Labute approximate surface area is 140 Å². The van der Waals surface area contributed by atoms with Gasteiger partial charge in [0.1, 0.15) is 0 Å². The maximum atomic E-state index is 12.6. The molecule has 22 heavy (non-hydrogen) atoms. The standard InChI is InChI=1S/C17H19NO3.ClH/c1-20-13-5-2-9-8-11-10-3-4-12(19)16-17(10,6-7-18-11)14(9)15(13)21-16;/h2,5,10-11,16,18H,3-4,6-8H2,1H3;1H/t10-,11+,16-,17-;/m0./s1/i1D3;. The molecule has 0 amide bonds. The van der Waals surface area contributed by atoms with Crippen molar-refractivity contribution in [3.05, 3.63) is 23.3 Å². The summed E-state index contributed by atoms with van der Waals surface area (Å²) in [5.74, 6) is 1.23. The summed E-state index contributed by atoms with van der Waals surface area (Å²) in [6.45, 7) is 0.859. The number of ketones is 1. The molecule has 2 aliphatic heterocycles. The van der Waals surface area contributed by atoms with Gasteiger partial charge in [0.15, 0.2) is 23.4 Å². The first kappa shape index (κ1) is 11.3. The molecule has 1 saturated heterocycles. The summed E-state index contributed by atoms with van der Waals surface area (Å²) in [6, 6.07) is 3.99. The number of Topliss-reactive ketones (excluding diaryl/α,β-unsaturated/α-hetero) is 1. The Morgan fingerprint density at radius 1 is 1.50 bits per heavy atom. The molecule has 2 aliphatic carbocycles. The summed E-state index contributed by atoms with van der Waals surface area (Å²) in [7, 11) is -2.53. The van der Waals surface area contributed by atoms with Crippen LogP contribution in [0.5, 0.6) is 11.5 Å². The molecule has 2 heterocycles. The molecule has 4 atom stereocenters. The molecule has 1 aromatic carbocycles. The number of carbonyl (C=O) groups is 1. The van der Waals surface area contributed by atoms with Crippen LogP contribution in [0.4, 0.5) is 0 Å². The molecule has 4 nitrogen and oxygen atoms in total. The molecule has 1 N–H and O–H groups in total. The van der Waals surface area contributed by atoms with Gasteiger partial charge in [-0.25, -0.2) is 0 Å². The van der Waals surface area contributed by atoms with Crippen LogP contribution in [0, 0.1) is 5.92 Å². The molecule has 1 aromatic rings. The largest absolute Gasteiger partial charge is 0.493 e. The van der Waals surface area contributed by atoms with Gasteiger partial charge in [0.05, 0.1) is 11.2 Å². The fraction of sp³-hybridized carbons (Fsp3) is 0.588. The van der Waals surface area contributed by atoms with Gasteiger partial charge in [0.2, 0.25) is 0 Å². The second-order valence-corrected chi connectivity index (χ2v) is 6.69. The van der Waals surface area contributed by atoms with Gasteiger partial charge in [-0.3, -0.25) is 4.79 Å². The van der Waals surface area contributed by atoms with Crippen molar-refractivity contribution in [3.8, 4) is 11.5 Å². The monoisotopic (exact) mass is 324 g/mol. The van der Waals surface area contributed by atoms with Crippen molar-refractivity contribution in [3.63, 3.8) is 0 Å². The molecule has 5 rings (SSSR count). The second kappa shape index (κ2) is 4.62. The van der Waals surface area contributed by atoms with Crippen LogP contribution in [0.3, 0.4) is 0 Å². The third-order valence-electron chi connectivity index (χ3n) is 6.01. The van der Waals surface area contributed by atoms with E-state index in [0.717, 1.165) is 36.9 Å². The highest BCUT2D eigenvalue weighted by atomic mass is 35.5. The lowest BCUT2D eigenvalue weighted by atomic mass is 9.52. The van der Waals surface area contributed by atoms with Gasteiger partial charge in [-0.1, -0.05) is 6.07 Å². The summed E-state index contributed by atoms with van der Waals surface area (Å²) >= 11 is 0. The quantitative estimate of drug-likeness (QED) is 0.858. The van der Waals surface area contributed by atoms with Gasteiger partial charge >= 0.3 is 0 Å². The van der Waals surface area contributed by atoms with Gasteiger partial charge in [0.25, 0.3) is 0 Å². The normalized spacial score (nSPS) is 39.5. The maximum Gasteiger partial charge on any atom is 0.174 e. The van der Waals surface area contributed by atoms with Crippen LogP contribution in [-0.4, -0.2) is 31.5 Å². The minimum atomic E-state index is -2.53. The van der Waals surface area contributed by atoms with E-state index >= 15 is 0 Å². The van der Waals surface area contributed by atoms with Crippen molar-refractivity contribution >= 4 is 18.2 Å². The number of hydrogen-bond donors (Lipinski definition) is 1. The van der Waals surface area contributed by atoms with Crippen LogP contribution < -0.4 is 14.8 Å². The number of ether oxygens (including phenoxy) is 2. The Bertz CT molecular complexity index is 753.